The highest BCUT2D eigenvalue weighted by Gasteiger charge is 2.31. The molecule has 0 bridgehead atoms. The minimum absolute atomic E-state index is 0.00846. The number of ether oxygens (including phenoxy) is 2. The van der Waals surface area contributed by atoms with Crippen LogP contribution in [0.15, 0.2) is 42.2 Å². The lowest BCUT2D eigenvalue weighted by Gasteiger charge is -2.17. The first-order valence-corrected chi connectivity index (χ1v) is 8.47. The van der Waals surface area contributed by atoms with Gasteiger partial charge in [-0.3, -0.25) is 9.69 Å². The third-order valence-electron chi connectivity index (χ3n) is 4.31. The zero-order valence-electron chi connectivity index (χ0n) is 15.2. The van der Waals surface area contributed by atoms with Gasteiger partial charge in [-0.15, -0.1) is 0 Å². The number of hydrogen-bond donors (Lipinski definition) is 1. The van der Waals surface area contributed by atoms with E-state index in [2.05, 4.69) is 0 Å². The fraction of sp³-hybridized carbons (Fsp3) is 0.190. The van der Waals surface area contributed by atoms with Gasteiger partial charge in [0.05, 0.1) is 43.5 Å². The first kappa shape index (κ1) is 19.0. The molecule has 0 unspecified atom stereocenters. The lowest BCUT2D eigenvalue weighted by atomic mass is 10.0. The lowest BCUT2D eigenvalue weighted by Crippen LogP contribution is -2.24. The highest BCUT2D eigenvalue weighted by atomic mass is 16.5. The van der Waals surface area contributed by atoms with E-state index in [0.29, 0.717) is 22.4 Å². The number of Topliss-reactive ketones (excluding diaryl/α,β-unsaturated/α-hetero) is 1. The summed E-state index contributed by atoms with van der Waals surface area (Å²) < 4.78 is 11.1. The normalized spacial score (nSPS) is 13.7. The van der Waals surface area contributed by atoms with Crippen LogP contribution in [0.2, 0.25) is 0 Å². The Balaban J connectivity index is 1.98. The van der Waals surface area contributed by atoms with Gasteiger partial charge in [-0.25, -0.2) is 0 Å². The van der Waals surface area contributed by atoms with Crippen LogP contribution in [0.1, 0.15) is 21.5 Å². The van der Waals surface area contributed by atoms with Gasteiger partial charge in [-0.1, -0.05) is 18.2 Å². The minimum atomic E-state index is -0.311. The number of para-hydroxylation sites is 1. The van der Waals surface area contributed by atoms with Crippen molar-refractivity contribution in [2.24, 2.45) is 0 Å². The van der Waals surface area contributed by atoms with Gasteiger partial charge in [0.15, 0.2) is 5.76 Å². The number of ketones is 1. The Morgan fingerprint density at radius 1 is 1.18 bits per heavy atom. The second-order valence-corrected chi connectivity index (χ2v) is 6.08. The van der Waals surface area contributed by atoms with Crippen molar-refractivity contribution in [3.8, 4) is 29.4 Å². The molecule has 0 radical (unpaired) electrons. The summed E-state index contributed by atoms with van der Waals surface area (Å²) in [5.41, 5.74) is 1.37. The highest BCUT2D eigenvalue weighted by molar-refractivity contribution is 6.15. The van der Waals surface area contributed by atoms with Crippen LogP contribution in [0, 0.1) is 22.7 Å². The molecule has 28 heavy (non-hydrogen) atoms. The van der Waals surface area contributed by atoms with Crippen molar-refractivity contribution < 1.29 is 19.4 Å². The first-order valence-electron chi connectivity index (χ1n) is 8.47. The molecule has 7 nitrogen and oxygen atoms in total. The number of nitrogens with zero attached hydrogens (tertiary/aromatic N) is 3. The van der Waals surface area contributed by atoms with Crippen LogP contribution in [-0.4, -0.2) is 36.0 Å². The summed E-state index contributed by atoms with van der Waals surface area (Å²) in [7, 11) is 1.54. The molecular formula is C21H17N3O4. The Morgan fingerprint density at radius 3 is 2.57 bits per heavy atom. The Kier molecular flexibility index (Phi) is 5.59. The molecule has 1 aliphatic rings. The average Bonchev–Trinajstić information content (AvgIpc) is 3.00. The van der Waals surface area contributed by atoms with E-state index < -0.39 is 0 Å². The van der Waals surface area contributed by atoms with E-state index in [1.54, 1.807) is 30.2 Å². The predicted molar refractivity (Wildman–Crippen MR) is 101 cm³/mol. The summed E-state index contributed by atoms with van der Waals surface area (Å²) in [4.78, 5) is 14.3. The van der Waals surface area contributed by atoms with Crippen LogP contribution in [-0.2, 0) is 6.54 Å². The maximum absolute atomic E-state index is 12.8. The van der Waals surface area contributed by atoms with Gasteiger partial charge in [0.2, 0.25) is 5.78 Å². The number of carbonyl (C=O) groups is 1. The number of phenols is 1. The van der Waals surface area contributed by atoms with Crippen molar-refractivity contribution in [2.45, 2.75) is 6.54 Å². The Labute approximate surface area is 162 Å². The van der Waals surface area contributed by atoms with Crippen LogP contribution in [0.25, 0.3) is 6.08 Å². The topological polar surface area (TPSA) is 107 Å². The molecule has 0 spiro atoms. The van der Waals surface area contributed by atoms with Crippen molar-refractivity contribution in [1.82, 2.24) is 4.90 Å². The summed E-state index contributed by atoms with van der Waals surface area (Å²) in [5, 5.41) is 28.1. The monoisotopic (exact) mass is 375 g/mol. The maximum Gasteiger partial charge on any atom is 0.231 e. The lowest BCUT2D eigenvalue weighted by molar-refractivity contribution is 0.101. The minimum Gasteiger partial charge on any atom is -0.507 e. The third kappa shape index (κ3) is 3.66. The molecule has 0 aliphatic carbocycles. The molecule has 140 valence electrons. The molecule has 1 aliphatic heterocycles. The molecule has 0 atom stereocenters. The molecule has 0 amide bonds. The standard InChI is InChI=1S/C21H17N3O4/c1-27-18-5-3-2-4-14(18)12-19-20(26)15-6-7-17(25)16(21(15)28-19)13-24(10-8-22)11-9-23/h2-7,12,25H,10-11,13H2,1H3/b19-12-. The number of benzene rings is 2. The number of nitriles is 2. The van der Waals surface area contributed by atoms with Gasteiger partial charge < -0.3 is 14.6 Å². The van der Waals surface area contributed by atoms with Crippen LogP contribution in [0.3, 0.4) is 0 Å². The van der Waals surface area contributed by atoms with Crippen LogP contribution >= 0.6 is 0 Å². The maximum atomic E-state index is 12.8. The molecule has 2 aromatic carbocycles. The van der Waals surface area contributed by atoms with Crippen molar-refractivity contribution >= 4 is 11.9 Å². The second kappa shape index (κ2) is 8.26. The smallest absolute Gasteiger partial charge is 0.231 e. The van der Waals surface area contributed by atoms with Crippen LogP contribution in [0.5, 0.6) is 17.2 Å². The molecule has 7 heteroatoms. The number of methoxy groups -OCH3 is 1. The van der Waals surface area contributed by atoms with E-state index in [0.717, 1.165) is 0 Å². The number of phenolic OH excluding ortho intramolecular Hbond substituents is 1. The van der Waals surface area contributed by atoms with Gasteiger partial charge in [0.1, 0.15) is 17.2 Å². The molecule has 0 aromatic heterocycles. The summed E-state index contributed by atoms with van der Waals surface area (Å²) in [5.74, 6) is 0.574. The number of carbonyl (C=O) groups excluding carboxylic acids is 1. The number of allylic oxidation sites excluding steroid dienone is 1. The SMILES string of the molecule is COc1ccccc1/C=C1\Oc2c(ccc(O)c2CN(CC#N)CC#N)C1=O. The van der Waals surface area contributed by atoms with Crippen molar-refractivity contribution in [3.63, 3.8) is 0 Å². The average molecular weight is 375 g/mol. The van der Waals surface area contributed by atoms with E-state index in [4.69, 9.17) is 20.0 Å². The molecule has 0 saturated heterocycles. The highest BCUT2D eigenvalue weighted by Crippen LogP contribution is 2.40. The zero-order chi connectivity index (χ0) is 20.1. The summed E-state index contributed by atoms with van der Waals surface area (Å²) in [6.45, 7) is 0.119. The fourth-order valence-electron chi connectivity index (χ4n) is 2.97. The zero-order valence-corrected chi connectivity index (χ0v) is 15.2. The Morgan fingerprint density at radius 2 is 1.89 bits per heavy atom. The fourth-order valence-corrected chi connectivity index (χ4v) is 2.97. The number of rotatable bonds is 6. The number of hydrogen-bond acceptors (Lipinski definition) is 7. The predicted octanol–water partition coefficient (Wildman–Crippen LogP) is 2.87. The Hall–Kier alpha value is -3.81. The molecule has 0 fully saturated rings. The first-order chi connectivity index (χ1) is 13.6. The summed E-state index contributed by atoms with van der Waals surface area (Å²) in [6.07, 6.45) is 1.59. The second-order valence-electron chi connectivity index (χ2n) is 6.08. The van der Waals surface area contributed by atoms with Gasteiger partial charge in [0, 0.05) is 12.1 Å². The molecular weight excluding hydrogens is 358 g/mol. The van der Waals surface area contributed by atoms with Gasteiger partial charge in [-0.05, 0) is 24.3 Å². The summed E-state index contributed by atoms with van der Waals surface area (Å²) in [6, 6.07) is 14.1. The van der Waals surface area contributed by atoms with Gasteiger partial charge in [0.25, 0.3) is 0 Å². The third-order valence-corrected chi connectivity index (χ3v) is 4.31. The van der Waals surface area contributed by atoms with E-state index in [9.17, 15) is 9.90 Å². The largest absolute Gasteiger partial charge is 0.507 e. The van der Waals surface area contributed by atoms with Crippen LogP contribution < -0.4 is 9.47 Å². The van der Waals surface area contributed by atoms with E-state index >= 15 is 0 Å². The van der Waals surface area contributed by atoms with Crippen molar-refractivity contribution in [1.29, 1.82) is 10.5 Å². The van der Waals surface area contributed by atoms with E-state index in [1.807, 2.05) is 24.3 Å². The number of aromatic hydroxyl groups is 1. The molecule has 3 rings (SSSR count). The quantitative estimate of drug-likeness (QED) is 0.611. The van der Waals surface area contributed by atoms with E-state index in [1.165, 1.54) is 12.1 Å². The Bertz CT molecular complexity index is 1010. The van der Waals surface area contributed by atoms with Crippen molar-refractivity contribution in [2.75, 3.05) is 20.2 Å². The van der Waals surface area contributed by atoms with E-state index in [-0.39, 0.29) is 42.7 Å². The molecule has 1 N–H and O–H groups in total. The van der Waals surface area contributed by atoms with Gasteiger partial charge in [-0.2, -0.15) is 10.5 Å². The molecule has 2 aromatic rings. The van der Waals surface area contributed by atoms with Crippen LogP contribution in [0.4, 0.5) is 0 Å². The van der Waals surface area contributed by atoms with Gasteiger partial charge >= 0.3 is 0 Å². The van der Waals surface area contributed by atoms with Crippen molar-refractivity contribution in [3.05, 3.63) is 58.8 Å². The molecule has 0 saturated carbocycles. The molecule has 1 heterocycles. The number of fused-ring (bicyclic) bond motifs is 1. The summed E-state index contributed by atoms with van der Waals surface area (Å²) >= 11 is 0.